The summed E-state index contributed by atoms with van der Waals surface area (Å²) in [6, 6.07) is -0.0176. The van der Waals surface area contributed by atoms with Crippen LogP contribution in [0.4, 0.5) is 0 Å². The van der Waals surface area contributed by atoms with Gasteiger partial charge in [-0.2, -0.15) is 5.10 Å². The first-order chi connectivity index (χ1) is 8.54. The summed E-state index contributed by atoms with van der Waals surface area (Å²) >= 11 is 0. The fourth-order valence-electron chi connectivity index (χ4n) is 2.60. The average Bonchev–Trinajstić information content (AvgIpc) is 2.58. The number of aryl methyl sites for hydroxylation is 2. The minimum Gasteiger partial charge on any atom is -0.337 e. The van der Waals surface area contributed by atoms with Crippen LogP contribution >= 0.6 is 0 Å². The van der Waals surface area contributed by atoms with Crippen molar-refractivity contribution >= 4 is 5.91 Å². The van der Waals surface area contributed by atoms with Crippen LogP contribution in [0.1, 0.15) is 29.8 Å². The van der Waals surface area contributed by atoms with Crippen LogP contribution in [0.5, 0.6) is 0 Å². The van der Waals surface area contributed by atoms with Gasteiger partial charge in [-0.1, -0.05) is 0 Å². The summed E-state index contributed by atoms with van der Waals surface area (Å²) in [7, 11) is 3.80. The smallest absolute Gasteiger partial charge is 0.239 e. The summed E-state index contributed by atoms with van der Waals surface area (Å²) in [5.74, 6) is 0.214. The first kappa shape index (κ1) is 13.1. The molecule has 2 rings (SSSR count). The van der Waals surface area contributed by atoms with E-state index in [1.807, 2.05) is 30.6 Å². The highest BCUT2D eigenvalue weighted by molar-refractivity contribution is 5.82. The molecule has 1 aromatic rings. The molecule has 1 aliphatic rings. The number of likely N-dealkylation sites (tertiary alicyclic amines) is 1. The lowest BCUT2D eigenvalue weighted by molar-refractivity contribution is -0.136. The summed E-state index contributed by atoms with van der Waals surface area (Å²) in [6.45, 7) is 5.60. The van der Waals surface area contributed by atoms with Gasteiger partial charge in [-0.15, -0.1) is 0 Å². The number of nitrogens with one attached hydrogen (secondary N) is 1. The molecule has 1 aromatic heterocycles. The normalized spacial score (nSPS) is 20.6. The maximum Gasteiger partial charge on any atom is 0.239 e. The van der Waals surface area contributed by atoms with Crippen LogP contribution in [-0.2, 0) is 18.4 Å². The molecular formula is C13H22N4O. The van der Waals surface area contributed by atoms with Crippen molar-refractivity contribution in [2.75, 3.05) is 13.6 Å². The van der Waals surface area contributed by atoms with Gasteiger partial charge in [0.15, 0.2) is 0 Å². The summed E-state index contributed by atoms with van der Waals surface area (Å²) in [5.41, 5.74) is 3.35. The number of rotatable bonds is 3. The largest absolute Gasteiger partial charge is 0.337 e. The Morgan fingerprint density at radius 3 is 2.72 bits per heavy atom. The van der Waals surface area contributed by atoms with Crippen LogP contribution in [0.25, 0.3) is 0 Å². The molecule has 0 aliphatic carbocycles. The molecular weight excluding hydrogens is 228 g/mol. The molecule has 5 heteroatoms. The lowest BCUT2D eigenvalue weighted by Crippen LogP contribution is -2.49. The summed E-state index contributed by atoms with van der Waals surface area (Å²) in [6.07, 6.45) is 2.01. The lowest BCUT2D eigenvalue weighted by Gasteiger charge is -2.32. The molecule has 0 bridgehead atoms. The number of nitrogens with zero attached hydrogens (tertiary/aromatic N) is 3. The van der Waals surface area contributed by atoms with E-state index in [2.05, 4.69) is 17.3 Å². The second-order valence-corrected chi connectivity index (χ2v) is 5.02. The van der Waals surface area contributed by atoms with Crippen LogP contribution in [0.15, 0.2) is 0 Å². The molecule has 100 valence electrons. The summed E-state index contributed by atoms with van der Waals surface area (Å²) in [4.78, 5) is 14.2. The van der Waals surface area contributed by atoms with Crippen molar-refractivity contribution in [2.45, 2.75) is 39.3 Å². The molecule has 1 aliphatic heterocycles. The highest BCUT2D eigenvalue weighted by Gasteiger charge is 2.28. The van der Waals surface area contributed by atoms with E-state index in [-0.39, 0.29) is 11.9 Å². The maximum atomic E-state index is 12.2. The van der Waals surface area contributed by atoms with E-state index in [0.717, 1.165) is 30.8 Å². The van der Waals surface area contributed by atoms with E-state index in [4.69, 9.17) is 0 Å². The first-order valence-electron chi connectivity index (χ1n) is 6.49. The molecule has 18 heavy (non-hydrogen) atoms. The molecule has 0 radical (unpaired) electrons. The molecule has 5 nitrogen and oxygen atoms in total. The Kier molecular flexibility index (Phi) is 3.71. The number of carbonyl (C=O) groups is 1. The van der Waals surface area contributed by atoms with Gasteiger partial charge in [-0.3, -0.25) is 9.48 Å². The number of aromatic nitrogens is 2. The van der Waals surface area contributed by atoms with Crippen molar-refractivity contribution in [1.29, 1.82) is 0 Å². The lowest BCUT2D eigenvalue weighted by atomic mass is 10.0. The Morgan fingerprint density at radius 2 is 2.17 bits per heavy atom. The molecule has 1 atom stereocenters. The van der Waals surface area contributed by atoms with Crippen molar-refractivity contribution < 1.29 is 4.79 Å². The van der Waals surface area contributed by atoms with Gasteiger partial charge in [0.2, 0.25) is 5.91 Å². The Morgan fingerprint density at radius 1 is 1.44 bits per heavy atom. The minimum atomic E-state index is -0.0176. The monoisotopic (exact) mass is 250 g/mol. The van der Waals surface area contributed by atoms with E-state index < -0.39 is 0 Å². The van der Waals surface area contributed by atoms with E-state index in [1.54, 1.807) is 0 Å². The molecule has 1 saturated heterocycles. The third-order valence-corrected chi connectivity index (χ3v) is 3.89. The average molecular weight is 250 g/mol. The third-order valence-electron chi connectivity index (χ3n) is 3.89. The van der Waals surface area contributed by atoms with Crippen LogP contribution < -0.4 is 5.32 Å². The summed E-state index contributed by atoms with van der Waals surface area (Å²) < 4.78 is 1.88. The second kappa shape index (κ2) is 5.10. The predicted molar refractivity (Wildman–Crippen MR) is 70.2 cm³/mol. The van der Waals surface area contributed by atoms with Crippen LogP contribution in [-0.4, -0.2) is 40.2 Å². The Bertz CT molecular complexity index is 452. The van der Waals surface area contributed by atoms with Gasteiger partial charge in [0.05, 0.1) is 11.7 Å². The second-order valence-electron chi connectivity index (χ2n) is 5.02. The molecule has 0 saturated carbocycles. The van der Waals surface area contributed by atoms with Crippen LogP contribution in [0.3, 0.4) is 0 Å². The van der Waals surface area contributed by atoms with Crippen molar-refractivity contribution in [3.63, 3.8) is 0 Å². The van der Waals surface area contributed by atoms with E-state index in [9.17, 15) is 4.79 Å². The van der Waals surface area contributed by atoms with E-state index >= 15 is 0 Å². The van der Waals surface area contributed by atoms with Gasteiger partial charge in [-0.25, -0.2) is 0 Å². The zero-order valence-corrected chi connectivity index (χ0v) is 11.7. The molecule has 2 heterocycles. The van der Waals surface area contributed by atoms with Gasteiger partial charge in [0.1, 0.15) is 0 Å². The zero-order valence-electron chi connectivity index (χ0n) is 11.7. The topological polar surface area (TPSA) is 50.2 Å². The van der Waals surface area contributed by atoms with E-state index in [0.29, 0.717) is 6.54 Å². The fourth-order valence-corrected chi connectivity index (χ4v) is 2.60. The SMILES string of the molecule is CNC1CCCN(Cc2c(C)nn(C)c2C)C1=O. The highest BCUT2D eigenvalue weighted by atomic mass is 16.2. The number of amides is 1. The standard InChI is InChI=1S/C13H22N4O/c1-9-11(10(2)16(4)15-9)8-17-7-5-6-12(14-3)13(17)18/h12,14H,5-8H2,1-4H3. The van der Waals surface area contributed by atoms with Crippen molar-refractivity contribution in [3.05, 3.63) is 17.0 Å². The zero-order chi connectivity index (χ0) is 13.3. The minimum absolute atomic E-state index is 0.0176. The quantitative estimate of drug-likeness (QED) is 0.861. The molecule has 0 aromatic carbocycles. The number of hydrogen-bond donors (Lipinski definition) is 1. The third kappa shape index (κ3) is 2.27. The Hall–Kier alpha value is -1.36. The molecule has 1 fully saturated rings. The van der Waals surface area contributed by atoms with Crippen LogP contribution in [0, 0.1) is 13.8 Å². The van der Waals surface area contributed by atoms with Crippen molar-refractivity contribution in [2.24, 2.45) is 7.05 Å². The molecule has 1 amide bonds. The molecule has 0 spiro atoms. The van der Waals surface area contributed by atoms with Crippen LogP contribution in [0.2, 0.25) is 0 Å². The predicted octanol–water partition coefficient (Wildman–Crippen LogP) is 0.747. The Balaban J connectivity index is 2.15. The van der Waals surface area contributed by atoms with Gasteiger partial charge in [0.25, 0.3) is 0 Å². The maximum absolute atomic E-state index is 12.2. The van der Waals surface area contributed by atoms with Gasteiger partial charge in [0, 0.05) is 31.4 Å². The fraction of sp³-hybridized carbons (Fsp3) is 0.692. The van der Waals surface area contributed by atoms with Gasteiger partial charge >= 0.3 is 0 Å². The summed E-state index contributed by atoms with van der Waals surface area (Å²) in [5, 5.41) is 7.50. The Labute approximate surface area is 108 Å². The number of likely N-dealkylation sites (N-methyl/N-ethyl adjacent to an activating group) is 1. The number of hydrogen-bond acceptors (Lipinski definition) is 3. The van der Waals surface area contributed by atoms with Gasteiger partial charge in [-0.05, 0) is 33.7 Å². The molecule has 1 unspecified atom stereocenters. The van der Waals surface area contributed by atoms with Crippen molar-refractivity contribution in [3.8, 4) is 0 Å². The van der Waals surface area contributed by atoms with Crippen molar-refractivity contribution in [1.82, 2.24) is 20.0 Å². The number of carbonyl (C=O) groups excluding carboxylic acids is 1. The van der Waals surface area contributed by atoms with E-state index in [1.165, 1.54) is 5.56 Å². The first-order valence-corrected chi connectivity index (χ1v) is 6.49. The van der Waals surface area contributed by atoms with Gasteiger partial charge < -0.3 is 10.2 Å². The molecule has 1 N–H and O–H groups in total. The highest BCUT2D eigenvalue weighted by Crippen LogP contribution is 2.19. The number of piperidine rings is 1.